The van der Waals surface area contributed by atoms with Gasteiger partial charge in [-0.3, -0.25) is 14.4 Å². The Balaban J connectivity index is 2.71. The van der Waals surface area contributed by atoms with Crippen molar-refractivity contribution in [3.8, 4) is 0 Å². The van der Waals surface area contributed by atoms with Crippen molar-refractivity contribution >= 4 is 33.5 Å². The predicted molar refractivity (Wildman–Crippen MR) is 99.4 cm³/mol. The summed E-state index contributed by atoms with van der Waals surface area (Å²) in [5, 5.41) is 5.12. The van der Waals surface area contributed by atoms with Crippen molar-refractivity contribution in [3.05, 3.63) is 24.3 Å². The second-order valence-corrected chi connectivity index (χ2v) is 7.93. The molecule has 0 bridgehead atoms. The molecule has 0 spiro atoms. The second kappa shape index (κ2) is 10.0. The number of hydrogen-bond acceptors (Lipinski definition) is 6. The molecule has 0 saturated carbocycles. The predicted octanol–water partition coefficient (Wildman–Crippen LogP) is 0.723. The van der Waals surface area contributed by atoms with E-state index >= 15 is 0 Å². The number of anilines is 1. The molecule has 1 atom stereocenters. The van der Waals surface area contributed by atoms with E-state index in [2.05, 4.69) is 10.6 Å². The molecule has 1 rings (SSSR count). The Morgan fingerprint density at radius 1 is 1.19 bits per heavy atom. The molecule has 27 heavy (non-hydrogen) atoms. The zero-order valence-corrected chi connectivity index (χ0v) is 16.6. The molecule has 2 N–H and O–H groups in total. The molecule has 0 aliphatic rings. The summed E-state index contributed by atoms with van der Waals surface area (Å²) in [6.45, 7) is 4.57. The number of sulfonamides is 1. The first-order valence-corrected chi connectivity index (χ1v) is 9.83. The number of carbonyl (C=O) groups is 3. The van der Waals surface area contributed by atoms with E-state index in [0.29, 0.717) is 12.2 Å². The van der Waals surface area contributed by atoms with Crippen molar-refractivity contribution in [1.29, 1.82) is 0 Å². The first-order valence-electron chi connectivity index (χ1n) is 8.39. The molecule has 0 fully saturated rings. The molecule has 0 heterocycles. The van der Waals surface area contributed by atoms with E-state index in [-0.39, 0.29) is 10.8 Å². The van der Waals surface area contributed by atoms with E-state index in [4.69, 9.17) is 4.74 Å². The fraction of sp³-hybridized carbons (Fsp3) is 0.471. The van der Waals surface area contributed by atoms with Crippen molar-refractivity contribution in [2.24, 2.45) is 0 Å². The van der Waals surface area contributed by atoms with Gasteiger partial charge in [0.25, 0.3) is 5.91 Å². The van der Waals surface area contributed by atoms with Crippen LogP contribution in [0.5, 0.6) is 0 Å². The summed E-state index contributed by atoms with van der Waals surface area (Å²) in [6.07, 6.45) is -0.272. The molecule has 10 heteroatoms. The lowest BCUT2D eigenvalue weighted by molar-refractivity contribution is -0.154. The fourth-order valence-corrected chi connectivity index (χ4v) is 3.16. The monoisotopic (exact) mass is 399 g/mol. The first-order chi connectivity index (χ1) is 12.6. The Kier molecular flexibility index (Phi) is 8.38. The average Bonchev–Trinajstić information content (AvgIpc) is 2.59. The lowest BCUT2D eigenvalue weighted by atomic mass is 10.3. The summed E-state index contributed by atoms with van der Waals surface area (Å²) >= 11 is 0. The van der Waals surface area contributed by atoms with Gasteiger partial charge in [0.1, 0.15) is 6.54 Å². The number of nitrogens with zero attached hydrogens (tertiary/aromatic N) is 1. The number of nitrogens with one attached hydrogen (secondary N) is 2. The maximum atomic E-state index is 12.5. The van der Waals surface area contributed by atoms with Gasteiger partial charge in [0.15, 0.2) is 6.10 Å². The summed E-state index contributed by atoms with van der Waals surface area (Å²) < 4.78 is 30.8. The van der Waals surface area contributed by atoms with Crippen LogP contribution in [0.15, 0.2) is 29.2 Å². The highest BCUT2D eigenvalue weighted by molar-refractivity contribution is 7.89. The third kappa shape index (κ3) is 6.99. The normalized spacial score (nSPS) is 12.3. The van der Waals surface area contributed by atoms with Crippen molar-refractivity contribution in [2.45, 2.75) is 38.2 Å². The number of rotatable bonds is 9. The highest BCUT2D eigenvalue weighted by Crippen LogP contribution is 2.17. The van der Waals surface area contributed by atoms with Crippen molar-refractivity contribution in [3.63, 3.8) is 0 Å². The van der Waals surface area contributed by atoms with Crippen molar-refractivity contribution in [1.82, 2.24) is 9.62 Å². The lowest BCUT2D eigenvalue weighted by Gasteiger charge is -2.18. The van der Waals surface area contributed by atoms with E-state index in [1.165, 1.54) is 45.2 Å². The molecule has 1 aromatic carbocycles. The molecule has 0 aliphatic carbocycles. The Morgan fingerprint density at radius 3 is 2.30 bits per heavy atom. The minimum absolute atomic E-state index is 0.0411. The Morgan fingerprint density at radius 2 is 1.78 bits per heavy atom. The van der Waals surface area contributed by atoms with E-state index in [9.17, 15) is 22.8 Å². The van der Waals surface area contributed by atoms with Gasteiger partial charge in [-0.1, -0.05) is 6.92 Å². The molecular weight excluding hydrogens is 374 g/mol. The minimum Gasteiger partial charge on any atom is -0.452 e. The van der Waals surface area contributed by atoms with Gasteiger partial charge in [-0.05, 0) is 37.6 Å². The number of likely N-dealkylation sites (N-methyl/N-ethyl adjacent to an activating group) is 1. The molecule has 0 saturated heterocycles. The maximum Gasteiger partial charge on any atom is 0.322 e. The summed E-state index contributed by atoms with van der Waals surface area (Å²) in [4.78, 5) is 34.6. The minimum atomic E-state index is -3.93. The van der Waals surface area contributed by atoms with Crippen LogP contribution in [0, 0.1) is 0 Å². The number of carbonyl (C=O) groups excluding carboxylic acids is 3. The van der Waals surface area contributed by atoms with Gasteiger partial charge in [-0.2, -0.15) is 4.31 Å². The topological polar surface area (TPSA) is 122 Å². The molecule has 0 radical (unpaired) electrons. The molecule has 1 aromatic rings. The zero-order valence-electron chi connectivity index (χ0n) is 15.8. The van der Waals surface area contributed by atoms with E-state index in [1.807, 2.05) is 6.92 Å². The molecule has 9 nitrogen and oxygen atoms in total. The van der Waals surface area contributed by atoms with Gasteiger partial charge in [0, 0.05) is 26.2 Å². The van der Waals surface area contributed by atoms with Gasteiger partial charge >= 0.3 is 5.97 Å². The highest BCUT2D eigenvalue weighted by Gasteiger charge is 2.25. The lowest BCUT2D eigenvalue weighted by Crippen LogP contribution is -2.39. The van der Waals surface area contributed by atoms with Crippen LogP contribution in [-0.2, 0) is 29.1 Å². The van der Waals surface area contributed by atoms with E-state index < -0.39 is 34.5 Å². The van der Waals surface area contributed by atoms with Crippen LogP contribution in [0.4, 0.5) is 5.69 Å². The largest absolute Gasteiger partial charge is 0.452 e. The van der Waals surface area contributed by atoms with Gasteiger partial charge < -0.3 is 15.4 Å². The van der Waals surface area contributed by atoms with Gasteiger partial charge in [-0.25, -0.2) is 8.42 Å². The quantitative estimate of drug-likeness (QED) is 0.590. The maximum absolute atomic E-state index is 12.5. The Bertz CT molecular complexity index is 776. The molecular formula is C17H25N3O6S. The molecule has 0 aliphatic heterocycles. The summed E-state index contributed by atoms with van der Waals surface area (Å²) in [5.74, 6) is -1.55. The summed E-state index contributed by atoms with van der Waals surface area (Å²) in [6, 6.07) is 5.54. The fourth-order valence-electron chi connectivity index (χ4n) is 2.04. The molecule has 0 unspecified atom stereocenters. The number of amides is 2. The average molecular weight is 399 g/mol. The third-order valence-electron chi connectivity index (χ3n) is 3.46. The summed E-state index contributed by atoms with van der Waals surface area (Å²) in [7, 11) is -2.69. The second-order valence-electron chi connectivity index (χ2n) is 5.89. The van der Waals surface area contributed by atoms with Gasteiger partial charge in [0.2, 0.25) is 15.9 Å². The van der Waals surface area contributed by atoms with E-state index in [1.54, 1.807) is 0 Å². The van der Waals surface area contributed by atoms with Crippen LogP contribution < -0.4 is 10.6 Å². The third-order valence-corrected chi connectivity index (χ3v) is 5.28. The molecule has 0 aromatic heterocycles. The van der Waals surface area contributed by atoms with Crippen molar-refractivity contribution < 1.29 is 27.5 Å². The highest BCUT2D eigenvalue weighted by atomic mass is 32.2. The van der Waals surface area contributed by atoms with Crippen LogP contribution in [0.1, 0.15) is 27.2 Å². The van der Waals surface area contributed by atoms with Crippen LogP contribution in [0.25, 0.3) is 0 Å². The smallest absolute Gasteiger partial charge is 0.322 e. The van der Waals surface area contributed by atoms with Crippen LogP contribution >= 0.6 is 0 Å². The standard InChI is InChI=1S/C17H25N3O6S/c1-5-10-18-17(23)12(2)26-16(22)11-20(4)27(24,25)15-8-6-14(7-9-15)19-13(3)21/h6-9,12H,5,10-11H2,1-4H3,(H,18,23)(H,19,21)/t12-/m1/s1. The van der Waals surface area contributed by atoms with Crippen LogP contribution in [-0.4, -0.2) is 56.7 Å². The molecule has 2 amide bonds. The van der Waals surface area contributed by atoms with Gasteiger partial charge in [-0.15, -0.1) is 0 Å². The van der Waals surface area contributed by atoms with Crippen LogP contribution in [0.2, 0.25) is 0 Å². The van der Waals surface area contributed by atoms with Gasteiger partial charge in [0.05, 0.1) is 4.90 Å². The Labute approximate surface area is 159 Å². The SMILES string of the molecule is CCCNC(=O)[C@@H](C)OC(=O)CN(C)S(=O)(=O)c1ccc(NC(C)=O)cc1. The van der Waals surface area contributed by atoms with Crippen LogP contribution in [0.3, 0.4) is 0 Å². The zero-order chi connectivity index (χ0) is 20.6. The Hall–Kier alpha value is -2.46. The molecule has 150 valence electrons. The number of esters is 1. The number of benzene rings is 1. The number of ether oxygens (including phenoxy) is 1. The van der Waals surface area contributed by atoms with Crippen molar-refractivity contribution in [2.75, 3.05) is 25.5 Å². The number of hydrogen-bond donors (Lipinski definition) is 2. The summed E-state index contributed by atoms with van der Waals surface area (Å²) in [5.41, 5.74) is 0.454. The first kappa shape index (κ1) is 22.6. The van der Waals surface area contributed by atoms with E-state index in [0.717, 1.165) is 10.7 Å².